The van der Waals surface area contributed by atoms with Gasteiger partial charge in [0, 0.05) is 42.7 Å². The number of aryl methyl sites for hydroxylation is 1. The van der Waals surface area contributed by atoms with Crippen LogP contribution in [0.4, 0.5) is 0 Å². The number of carbonyl (C=O) groups excluding carboxylic acids is 1. The standard InChI is InChI=1S/C25H32N4O5/c1-16-19(31-3)8-7-18-22(26-29(23(16)18)15-28-11-9-27(2)10-12-28)24(30)17-13-20(32-4)25(34-6)21(14-17)33-5/h7-8,13-14H,9-12,15H2,1-6H3. The van der Waals surface area contributed by atoms with Crippen LogP contribution in [0.1, 0.15) is 21.6 Å². The van der Waals surface area contributed by atoms with Crippen molar-refractivity contribution >= 4 is 16.7 Å². The first-order valence-corrected chi connectivity index (χ1v) is 11.2. The van der Waals surface area contributed by atoms with E-state index in [0.29, 0.717) is 35.2 Å². The summed E-state index contributed by atoms with van der Waals surface area (Å²) in [5.74, 6) is 1.82. The molecule has 3 aromatic rings. The van der Waals surface area contributed by atoms with E-state index >= 15 is 0 Å². The lowest BCUT2D eigenvalue weighted by Gasteiger charge is -2.32. The number of rotatable bonds is 8. The van der Waals surface area contributed by atoms with Gasteiger partial charge in [-0.25, -0.2) is 4.68 Å². The highest BCUT2D eigenvalue weighted by Gasteiger charge is 2.25. The number of nitrogens with zero attached hydrogens (tertiary/aromatic N) is 4. The average Bonchev–Trinajstić information content (AvgIpc) is 3.23. The molecule has 0 radical (unpaired) electrons. The van der Waals surface area contributed by atoms with Crippen LogP contribution in [-0.4, -0.2) is 87.0 Å². The number of hydrogen-bond acceptors (Lipinski definition) is 8. The third-order valence-electron chi connectivity index (χ3n) is 6.41. The molecule has 0 bridgehead atoms. The van der Waals surface area contributed by atoms with E-state index in [1.54, 1.807) is 19.2 Å². The van der Waals surface area contributed by atoms with Crippen LogP contribution < -0.4 is 18.9 Å². The van der Waals surface area contributed by atoms with Crippen LogP contribution in [0.2, 0.25) is 0 Å². The summed E-state index contributed by atoms with van der Waals surface area (Å²) in [6.07, 6.45) is 0. The zero-order valence-corrected chi connectivity index (χ0v) is 20.7. The molecule has 0 aliphatic carbocycles. The maximum atomic E-state index is 13.7. The van der Waals surface area contributed by atoms with Gasteiger partial charge >= 0.3 is 0 Å². The van der Waals surface area contributed by atoms with Gasteiger partial charge in [-0.15, -0.1) is 0 Å². The van der Waals surface area contributed by atoms with Crippen molar-refractivity contribution in [3.05, 3.63) is 41.1 Å². The minimum atomic E-state index is -0.217. The number of likely N-dealkylation sites (N-methyl/N-ethyl adjacent to an activating group) is 1. The Hall–Kier alpha value is -3.30. The lowest BCUT2D eigenvalue weighted by atomic mass is 10.0. The largest absolute Gasteiger partial charge is 0.496 e. The third kappa shape index (κ3) is 4.28. The number of piperazine rings is 1. The van der Waals surface area contributed by atoms with Gasteiger partial charge in [-0.05, 0) is 38.2 Å². The molecule has 2 heterocycles. The van der Waals surface area contributed by atoms with E-state index in [-0.39, 0.29) is 5.78 Å². The monoisotopic (exact) mass is 468 g/mol. The highest BCUT2D eigenvalue weighted by molar-refractivity contribution is 6.15. The average molecular weight is 469 g/mol. The molecule has 1 fully saturated rings. The molecule has 1 aromatic heterocycles. The van der Waals surface area contributed by atoms with Crippen LogP contribution in [0, 0.1) is 6.92 Å². The maximum Gasteiger partial charge on any atom is 0.214 e. The molecule has 9 heteroatoms. The topological polar surface area (TPSA) is 78.3 Å². The van der Waals surface area contributed by atoms with Gasteiger partial charge in [0.1, 0.15) is 11.4 Å². The quantitative estimate of drug-likeness (QED) is 0.467. The van der Waals surface area contributed by atoms with Crippen LogP contribution in [0.15, 0.2) is 24.3 Å². The molecule has 1 aliphatic rings. The van der Waals surface area contributed by atoms with Crippen molar-refractivity contribution in [1.29, 1.82) is 0 Å². The second kappa shape index (κ2) is 9.90. The summed E-state index contributed by atoms with van der Waals surface area (Å²) < 4.78 is 23.8. The number of ether oxygens (including phenoxy) is 4. The van der Waals surface area contributed by atoms with Gasteiger partial charge in [0.05, 0.1) is 40.6 Å². The highest BCUT2D eigenvalue weighted by atomic mass is 16.5. The molecular formula is C25H32N4O5. The van der Waals surface area contributed by atoms with E-state index in [9.17, 15) is 4.79 Å². The van der Waals surface area contributed by atoms with E-state index in [1.807, 2.05) is 23.7 Å². The second-order valence-corrected chi connectivity index (χ2v) is 8.44. The fourth-order valence-corrected chi connectivity index (χ4v) is 4.45. The number of hydrogen-bond donors (Lipinski definition) is 0. The molecule has 1 saturated heterocycles. The first-order chi connectivity index (χ1) is 16.4. The predicted molar refractivity (Wildman–Crippen MR) is 130 cm³/mol. The van der Waals surface area contributed by atoms with Crippen LogP contribution in [0.5, 0.6) is 23.0 Å². The summed E-state index contributed by atoms with van der Waals surface area (Å²) in [6, 6.07) is 7.10. The number of ketones is 1. The number of fused-ring (bicyclic) bond motifs is 1. The Balaban J connectivity index is 1.81. The van der Waals surface area contributed by atoms with E-state index < -0.39 is 0 Å². The molecule has 0 N–H and O–H groups in total. The van der Waals surface area contributed by atoms with Crippen molar-refractivity contribution in [2.24, 2.45) is 0 Å². The normalized spacial score (nSPS) is 14.9. The van der Waals surface area contributed by atoms with Crippen molar-refractivity contribution in [2.45, 2.75) is 13.6 Å². The maximum absolute atomic E-state index is 13.7. The van der Waals surface area contributed by atoms with Crippen molar-refractivity contribution in [3.63, 3.8) is 0 Å². The molecule has 2 aromatic carbocycles. The van der Waals surface area contributed by atoms with E-state index in [0.717, 1.165) is 48.4 Å². The minimum Gasteiger partial charge on any atom is -0.496 e. The van der Waals surface area contributed by atoms with E-state index in [1.165, 1.54) is 21.3 Å². The Labute approximate surface area is 199 Å². The van der Waals surface area contributed by atoms with Gasteiger partial charge in [0.2, 0.25) is 11.5 Å². The molecule has 0 unspecified atom stereocenters. The second-order valence-electron chi connectivity index (χ2n) is 8.44. The highest BCUT2D eigenvalue weighted by Crippen LogP contribution is 2.39. The fourth-order valence-electron chi connectivity index (χ4n) is 4.45. The zero-order valence-electron chi connectivity index (χ0n) is 20.7. The fraction of sp³-hybridized carbons (Fsp3) is 0.440. The van der Waals surface area contributed by atoms with Gasteiger partial charge in [-0.1, -0.05) is 0 Å². The molecule has 0 saturated carbocycles. The molecular weight excluding hydrogens is 436 g/mol. The molecule has 9 nitrogen and oxygen atoms in total. The summed E-state index contributed by atoms with van der Waals surface area (Å²) in [7, 11) is 8.37. The van der Waals surface area contributed by atoms with Crippen molar-refractivity contribution in [1.82, 2.24) is 19.6 Å². The SMILES string of the molecule is COc1cc(C(=O)c2nn(CN3CCN(C)CC3)c3c(C)c(OC)ccc23)cc(OC)c1OC. The van der Waals surface area contributed by atoms with Gasteiger partial charge in [-0.2, -0.15) is 5.10 Å². The summed E-state index contributed by atoms with van der Waals surface area (Å²) in [5, 5.41) is 5.60. The van der Waals surface area contributed by atoms with Gasteiger partial charge < -0.3 is 23.8 Å². The first-order valence-electron chi connectivity index (χ1n) is 11.2. The lowest BCUT2D eigenvalue weighted by Crippen LogP contribution is -2.45. The Morgan fingerprint density at radius 1 is 0.912 bits per heavy atom. The van der Waals surface area contributed by atoms with Gasteiger partial charge in [0.15, 0.2) is 11.5 Å². The molecule has 34 heavy (non-hydrogen) atoms. The number of benzene rings is 2. The Morgan fingerprint density at radius 2 is 1.53 bits per heavy atom. The molecule has 1 aliphatic heterocycles. The molecule has 0 amide bonds. The Morgan fingerprint density at radius 3 is 2.09 bits per heavy atom. The smallest absolute Gasteiger partial charge is 0.214 e. The summed E-state index contributed by atoms with van der Waals surface area (Å²) in [4.78, 5) is 18.4. The van der Waals surface area contributed by atoms with E-state index in [4.69, 9.17) is 24.0 Å². The van der Waals surface area contributed by atoms with Crippen molar-refractivity contribution in [2.75, 3.05) is 61.7 Å². The van der Waals surface area contributed by atoms with Crippen LogP contribution in [-0.2, 0) is 6.67 Å². The number of aromatic nitrogens is 2. The zero-order chi connectivity index (χ0) is 24.4. The molecule has 0 atom stereocenters. The number of methoxy groups -OCH3 is 4. The summed E-state index contributed by atoms with van der Waals surface area (Å²) in [5.41, 5.74) is 2.64. The van der Waals surface area contributed by atoms with E-state index in [2.05, 4.69) is 16.8 Å². The minimum absolute atomic E-state index is 0.217. The summed E-state index contributed by atoms with van der Waals surface area (Å²) in [6.45, 7) is 6.48. The van der Waals surface area contributed by atoms with Crippen LogP contribution in [0.3, 0.4) is 0 Å². The van der Waals surface area contributed by atoms with Gasteiger partial charge in [-0.3, -0.25) is 9.69 Å². The first kappa shape index (κ1) is 23.8. The molecule has 0 spiro atoms. The molecule has 182 valence electrons. The summed E-state index contributed by atoms with van der Waals surface area (Å²) >= 11 is 0. The lowest BCUT2D eigenvalue weighted by molar-refractivity contribution is 0.102. The molecule has 4 rings (SSSR count). The Bertz CT molecular complexity index is 1170. The third-order valence-corrected chi connectivity index (χ3v) is 6.41. The number of carbonyl (C=O) groups is 1. The van der Waals surface area contributed by atoms with Gasteiger partial charge in [0.25, 0.3) is 0 Å². The van der Waals surface area contributed by atoms with Crippen LogP contribution in [0.25, 0.3) is 10.9 Å². The predicted octanol–water partition coefficient (Wildman–Crippen LogP) is 2.82. The van der Waals surface area contributed by atoms with Crippen molar-refractivity contribution < 1.29 is 23.7 Å². The Kier molecular flexibility index (Phi) is 6.95. The van der Waals surface area contributed by atoms with Crippen molar-refractivity contribution in [3.8, 4) is 23.0 Å². The van der Waals surface area contributed by atoms with Crippen LogP contribution >= 0.6 is 0 Å².